The summed E-state index contributed by atoms with van der Waals surface area (Å²) >= 11 is 0. The van der Waals surface area contributed by atoms with Crippen LogP contribution >= 0.6 is 0 Å². The number of fused-ring (bicyclic) bond motifs is 5. The molecule has 3 heterocycles. The molecule has 1 aliphatic heterocycles. The van der Waals surface area contributed by atoms with Gasteiger partial charge in [-0.2, -0.15) is 0 Å². The van der Waals surface area contributed by atoms with Gasteiger partial charge in [-0.05, 0) is 151 Å². The van der Waals surface area contributed by atoms with Gasteiger partial charge in [0.2, 0.25) is 0 Å². The fourth-order valence-electron chi connectivity index (χ4n) is 10.1. The van der Waals surface area contributed by atoms with E-state index in [4.69, 9.17) is 20.4 Å². The standard InChI is InChI=1S/C67H45N5/c1-42(68)30-66-60-20-10-11-21-61(60)71-67(72-66)59-36-55(57-38-62(51-26-22-43-12-2-6-16-47(43)31-51)69-63(39-57)52-27-23-44-13-3-7-17-48(44)32-52)35-56(37-59)58-40-64(53-28-24-45-14-4-8-18-49(45)33-53)70-65(41-58)54-29-25-46-15-5-9-19-50(46)34-54/h2-41,68H,1H3,(H,71,72)/b66-30-,68-42?. The minimum Gasteiger partial charge on any atom is -0.339 e. The molecule has 0 amide bonds. The number of aliphatic imine (C=N–C) groups is 1. The van der Waals surface area contributed by atoms with E-state index in [0.717, 1.165) is 111 Å². The Morgan fingerprint density at radius 1 is 0.347 bits per heavy atom. The Morgan fingerprint density at radius 3 is 1.07 bits per heavy atom. The van der Waals surface area contributed by atoms with Crippen LogP contribution in [0.3, 0.4) is 0 Å². The largest absolute Gasteiger partial charge is 0.339 e. The topological polar surface area (TPSA) is 74.0 Å². The maximum Gasteiger partial charge on any atom is 0.138 e. The van der Waals surface area contributed by atoms with Crippen molar-refractivity contribution < 1.29 is 0 Å². The van der Waals surface area contributed by atoms with Crippen LogP contribution < -0.4 is 5.32 Å². The second-order valence-corrected chi connectivity index (χ2v) is 18.6. The SMILES string of the molecule is CC(=N)/C=C1\NC(c2cc(-c3cc(-c4ccc5ccccc5c4)nc(-c4ccc5ccccc5c4)c3)cc(-c3cc(-c4ccc5ccccc5c4)nc(-c4ccc5ccccc5c4)c3)c2)=Nc2ccccc21. The van der Waals surface area contributed by atoms with Gasteiger partial charge in [0, 0.05) is 39.1 Å². The lowest BCUT2D eigenvalue weighted by atomic mass is 9.92. The summed E-state index contributed by atoms with van der Waals surface area (Å²) in [6, 6.07) is 84.1. The third-order valence-electron chi connectivity index (χ3n) is 13.7. The van der Waals surface area contributed by atoms with E-state index in [1.807, 2.05) is 24.3 Å². The van der Waals surface area contributed by atoms with Crippen LogP contribution in [0.4, 0.5) is 5.69 Å². The molecule has 0 radical (unpaired) electrons. The van der Waals surface area contributed by atoms with Crippen LogP contribution in [0.1, 0.15) is 18.1 Å². The Hall–Kier alpha value is -9.58. The molecule has 0 aliphatic carbocycles. The molecule has 1 aliphatic rings. The molecule has 0 spiro atoms. The molecule has 10 aromatic carbocycles. The molecular formula is C67H45N5. The van der Waals surface area contributed by atoms with Crippen LogP contribution in [-0.2, 0) is 0 Å². The molecule has 0 fully saturated rings. The van der Waals surface area contributed by atoms with E-state index in [-0.39, 0.29) is 0 Å². The molecule has 5 nitrogen and oxygen atoms in total. The summed E-state index contributed by atoms with van der Waals surface area (Å²) in [5.74, 6) is 0.696. The monoisotopic (exact) mass is 919 g/mol. The van der Waals surface area contributed by atoms with E-state index in [2.05, 4.69) is 224 Å². The third kappa shape index (κ3) is 8.19. The molecule has 0 saturated carbocycles. The summed E-state index contributed by atoms with van der Waals surface area (Å²) in [5.41, 5.74) is 15.7. The van der Waals surface area contributed by atoms with E-state index < -0.39 is 0 Å². The zero-order valence-corrected chi connectivity index (χ0v) is 39.4. The van der Waals surface area contributed by atoms with Gasteiger partial charge < -0.3 is 10.7 Å². The van der Waals surface area contributed by atoms with Gasteiger partial charge in [0.25, 0.3) is 0 Å². The fourth-order valence-corrected chi connectivity index (χ4v) is 10.1. The van der Waals surface area contributed by atoms with Gasteiger partial charge in [0.05, 0.1) is 34.2 Å². The van der Waals surface area contributed by atoms with Gasteiger partial charge in [0.15, 0.2) is 0 Å². The van der Waals surface area contributed by atoms with Crippen molar-refractivity contribution in [2.75, 3.05) is 0 Å². The number of rotatable bonds is 8. The molecular weight excluding hydrogens is 875 g/mol. The van der Waals surface area contributed by atoms with Gasteiger partial charge >= 0.3 is 0 Å². The maximum absolute atomic E-state index is 8.51. The average Bonchev–Trinajstić information content (AvgIpc) is 3.44. The molecule has 338 valence electrons. The minimum atomic E-state index is 0.446. The Balaban J connectivity index is 1.06. The number of pyridine rings is 2. The lowest BCUT2D eigenvalue weighted by Crippen LogP contribution is -2.26. The number of aromatic nitrogens is 2. The van der Waals surface area contributed by atoms with Crippen LogP contribution in [0.5, 0.6) is 0 Å². The van der Waals surface area contributed by atoms with Crippen molar-refractivity contribution in [2.24, 2.45) is 4.99 Å². The van der Waals surface area contributed by atoms with Gasteiger partial charge in [-0.15, -0.1) is 0 Å². The van der Waals surface area contributed by atoms with Crippen LogP contribution in [0.2, 0.25) is 0 Å². The summed E-state index contributed by atoms with van der Waals surface area (Å²) in [6.07, 6.45) is 1.88. The minimum absolute atomic E-state index is 0.446. The lowest BCUT2D eigenvalue weighted by Gasteiger charge is -2.22. The molecule has 2 N–H and O–H groups in total. The number of nitrogens with one attached hydrogen (secondary N) is 2. The van der Waals surface area contributed by atoms with Crippen molar-refractivity contribution in [1.29, 1.82) is 5.41 Å². The second-order valence-electron chi connectivity index (χ2n) is 18.6. The van der Waals surface area contributed by atoms with Crippen molar-refractivity contribution in [1.82, 2.24) is 15.3 Å². The third-order valence-corrected chi connectivity index (χ3v) is 13.7. The quantitative estimate of drug-likeness (QED) is 0.149. The molecule has 5 heteroatoms. The van der Waals surface area contributed by atoms with Crippen molar-refractivity contribution >= 4 is 66.0 Å². The first kappa shape index (κ1) is 42.5. The zero-order chi connectivity index (χ0) is 48.1. The van der Waals surface area contributed by atoms with Crippen LogP contribution in [0.25, 0.3) is 116 Å². The number of allylic oxidation sites excluding steroid dienone is 1. The van der Waals surface area contributed by atoms with Crippen molar-refractivity contribution in [3.05, 3.63) is 254 Å². The van der Waals surface area contributed by atoms with Crippen molar-refractivity contribution in [2.45, 2.75) is 6.92 Å². The normalized spacial score (nSPS) is 12.8. The van der Waals surface area contributed by atoms with Crippen LogP contribution in [0, 0.1) is 5.41 Å². The van der Waals surface area contributed by atoms with E-state index >= 15 is 0 Å². The lowest BCUT2D eigenvalue weighted by molar-refractivity contribution is 1.22. The zero-order valence-electron chi connectivity index (χ0n) is 39.4. The predicted octanol–water partition coefficient (Wildman–Crippen LogP) is 17.2. The number of nitrogens with zero attached hydrogens (tertiary/aromatic N) is 3. The molecule has 0 bridgehead atoms. The van der Waals surface area contributed by atoms with Gasteiger partial charge in [-0.25, -0.2) is 15.0 Å². The molecule has 12 aromatic rings. The van der Waals surface area contributed by atoms with Crippen LogP contribution in [-0.4, -0.2) is 21.5 Å². The number of hydrogen-bond donors (Lipinski definition) is 2. The molecule has 0 unspecified atom stereocenters. The van der Waals surface area contributed by atoms with Gasteiger partial charge in [0.1, 0.15) is 5.84 Å². The smallest absolute Gasteiger partial charge is 0.138 e. The van der Waals surface area contributed by atoms with E-state index in [0.29, 0.717) is 11.5 Å². The Kier molecular flexibility index (Phi) is 10.5. The highest BCUT2D eigenvalue weighted by molar-refractivity contribution is 6.12. The summed E-state index contributed by atoms with van der Waals surface area (Å²) in [4.78, 5) is 16.1. The molecule has 72 heavy (non-hydrogen) atoms. The number of para-hydroxylation sites is 1. The second kappa shape index (κ2) is 17.7. The average molecular weight is 920 g/mol. The molecule has 0 atom stereocenters. The first-order valence-electron chi connectivity index (χ1n) is 24.3. The Bertz CT molecular complexity index is 3820. The number of hydrogen-bond acceptors (Lipinski definition) is 5. The molecule has 0 saturated heterocycles. The molecule has 2 aromatic heterocycles. The fraction of sp³-hybridized carbons (Fsp3) is 0.0149. The predicted molar refractivity (Wildman–Crippen MR) is 302 cm³/mol. The Morgan fingerprint density at radius 2 is 0.681 bits per heavy atom. The van der Waals surface area contributed by atoms with Crippen molar-refractivity contribution in [3.8, 4) is 67.3 Å². The van der Waals surface area contributed by atoms with Crippen LogP contribution in [0.15, 0.2) is 248 Å². The maximum atomic E-state index is 8.51. The summed E-state index contributed by atoms with van der Waals surface area (Å²) in [6.45, 7) is 1.80. The van der Waals surface area contributed by atoms with E-state index in [9.17, 15) is 0 Å². The number of amidine groups is 1. The highest BCUT2D eigenvalue weighted by Crippen LogP contribution is 2.39. The van der Waals surface area contributed by atoms with Gasteiger partial charge in [-0.3, -0.25) is 0 Å². The van der Waals surface area contributed by atoms with E-state index in [1.165, 1.54) is 21.5 Å². The summed E-state index contributed by atoms with van der Waals surface area (Å²) in [7, 11) is 0. The Labute approximate surface area is 417 Å². The molecule has 13 rings (SSSR count). The first-order valence-corrected chi connectivity index (χ1v) is 24.3. The first-order chi connectivity index (χ1) is 35.4. The van der Waals surface area contributed by atoms with E-state index in [1.54, 1.807) is 6.92 Å². The summed E-state index contributed by atoms with van der Waals surface area (Å²) in [5, 5.41) is 21.6. The van der Waals surface area contributed by atoms with Crippen molar-refractivity contribution in [3.63, 3.8) is 0 Å². The highest BCUT2D eigenvalue weighted by Gasteiger charge is 2.21. The summed E-state index contributed by atoms with van der Waals surface area (Å²) < 4.78 is 0. The number of benzene rings is 10. The highest BCUT2D eigenvalue weighted by atomic mass is 15.0. The van der Waals surface area contributed by atoms with Gasteiger partial charge in [-0.1, -0.05) is 164 Å².